The fraction of sp³-hybridized carbons (Fsp3) is 0.200. The van der Waals surface area contributed by atoms with Crippen molar-refractivity contribution in [2.75, 3.05) is 28.6 Å². The number of halogens is 3. The van der Waals surface area contributed by atoms with Gasteiger partial charge in [-0.3, -0.25) is 10.2 Å². The van der Waals surface area contributed by atoms with Crippen LogP contribution in [0.4, 0.5) is 35.3 Å². The summed E-state index contributed by atoms with van der Waals surface area (Å²) in [6, 6.07) is 9.42. The molecule has 0 bridgehead atoms. The standard InChI is InChI=1S/C20H17F3N6O/c21-20(22,23)14-4-1-3-13(11-14)15-5-6-16-18(27-15)29(10-2-8-25-16)19(30)28-17-7-9-24-12-26-17/h1,3-7,9,11-12,25H,2,8,10H2,(H,24,26,28,30). The predicted octanol–water partition coefficient (Wildman–Crippen LogP) is 4.41. The van der Waals surface area contributed by atoms with E-state index in [2.05, 4.69) is 25.6 Å². The number of benzene rings is 1. The van der Waals surface area contributed by atoms with Crippen LogP contribution in [0.3, 0.4) is 0 Å². The lowest BCUT2D eigenvalue weighted by Crippen LogP contribution is -2.36. The molecule has 2 aromatic heterocycles. The van der Waals surface area contributed by atoms with Crippen molar-refractivity contribution in [2.24, 2.45) is 0 Å². The molecule has 2 N–H and O–H groups in total. The molecule has 10 heteroatoms. The van der Waals surface area contributed by atoms with Gasteiger partial charge in [-0.25, -0.2) is 19.7 Å². The highest BCUT2D eigenvalue weighted by atomic mass is 19.4. The largest absolute Gasteiger partial charge is 0.416 e. The van der Waals surface area contributed by atoms with Crippen molar-refractivity contribution in [3.63, 3.8) is 0 Å². The third-order valence-electron chi connectivity index (χ3n) is 4.55. The van der Waals surface area contributed by atoms with E-state index in [1.165, 1.54) is 23.5 Å². The van der Waals surface area contributed by atoms with Gasteiger partial charge in [-0.15, -0.1) is 0 Å². The summed E-state index contributed by atoms with van der Waals surface area (Å²) in [6.07, 6.45) is -0.957. The van der Waals surface area contributed by atoms with Crippen LogP contribution >= 0.6 is 0 Å². The lowest BCUT2D eigenvalue weighted by molar-refractivity contribution is -0.137. The van der Waals surface area contributed by atoms with Gasteiger partial charge in [0.15, 0.2) is 5.82 Å². The molecule has 4 rings (SSSR count). The Morgan fingerprint density at radius 1 is 1.17 bits per heavy atom. The van der Waals surface area contributed by atoms with E-state index in [1.54, 1.807) is 24.3 Å². The average molecular weight is 414 g/mol. The Kier molecular flexibility index (Phi) is 5.21. The van der Waals surface area contributed by atoms with Crippen LogP contribution in [0.1, 0.15) is 12.0 Å². The fourth-order valence-electron chi connectivity index (χ4n) is 3.11. The highest BCUT2D eigenvalue weighted by molar-refractivity contribution is 6.02. The van der Waals surface area contributed by atoms with Crippen LogP contribution in [0.5, 0.6) is 0 Å². The Morgan fingerprint density at radius 3 is 2.80 bits per heavy atom. The van der Waals surface area contributed by atoms with Gasteiger partial charge in [0.2, 0.25) is 0 Å². The van der Waals surface area contributed by atoms with Gasteiger partial charge in [0.25, 0.3) is 0 Å². The van der Waals surface area contributed by atoms with Crippen LogP contribution in [0.2, 0.25) is 0 Å². The Morgan fingerprint density at radius 2 is 2.03 bits per heavy atom. The Labute approximate surface area is 170 Å². The maximum absolute atomic E-state index is 13.1. The summed E-state index contributed by atoms with van der Waals surface area (Å²) >= 11 is 0. The number of pyridine rings is 1. The average Bonchev–Trinajstić information content (AvgIpc) is 2.96. The number of fused-ring (bicyclic) bond motifs is 1. The SMILES string of the molecule is O=C(Nc1ccncn1)N1CCCNc2ccc(-c3cccc(C(F)(F)F)c3)nc21. The van der Waals surface area contributed by atoms with Crippen molar-refractivity contribution < 1.29 is 18.0 Å². The normalized spacial score (nSPS) is 13.8. The molecule has 0 unspecified atom stereocenters. The van der Waals surface area contributed by atoms with Crippen molar-refractivity contribution in [3.8, 4) is 11.3 Å². The number of amides is 2. The third-order valence-corrected chi connectivity index (χ3v) is 4.55. The summed E-state index contributed by atoms with van der Waals surface area (Å²) < 4.78 is 39.3. The maximum Gasteiger partial charge on any atom is 0.416 e. The van der Waals surface area contributed by atoms with E-state index in [0.29, 0.717) is 48.1 Å². The van der Waals surface area contributed by atoms with E-state index in [4.69, 9.17) is 0 Å². The van der Waals surface area contributed by atoms with Crippen LogP contribution in [0.25, 0.3) is 11.3 Å². The minimum absolute atomic E-state index is 0.313. The zero-order valence-corrected chi connectivity index (χ0v) is 15.6. The van der Waals surface area contributed by atoms with E-state index in [9.17, 15) is 18.0 Å². The molecule has 3 aromatic rings. The molecule has 1 aromatic carbocycles. The summed E-state index contributed by atoms with van der Waals surface area (Å²) in [5.41, 5.74) is 0.519. The minimum atomic E-state index is -4.45. The quantitative estimate of drug-likeness (QED) is 0.649. The second-order valence-electron chi connectivity index (χ2n) is 6.60. The first-order valence-electron chi connectivity index (χ1n) is 9.19. The molecule has 0 saturated carbocycles. The molecule has 30 heavy (non-hydrogen) atoms. The van der Waals surface area contributed by atoms with Crippen molar-refractivity contribution in [2.45, 2.75) is 12.6 Å². The summed E-state index contributed by atoms with van der Waals surface area (Å²) in [6.45, 7) is 1.02. The van der Waals surface area contributed by atoms with Crippen molar-refractivity contribution in [1.82, 2.24) is 15.0 Å². The van der Waals surface area contributed by atoms with Gasteiger partial charge < -0.3 is 5.32 Å². The van der Waals surface area contributed by atoms with Gasteiger partial charge in [-0.1, -0.05) is 12.1 Å². The number of carbonyl (C=O) groups excluding carboxylic acids is 1. The van der Waals surface area contributed by atoms with E-state index >= 15 is 0 Å². The number of hydrogen-bond donors (Lipinski definition) is 2. The van der Waals surface area contributed by atoms with Gasteiger partial charge >= 0.3 is 12.2 Å². The molecular formula is C20H17F3N6O. The molecule has 0 atom stereocenters. The molecule has 0 radical (unpaired) electrons. The molecular weight excluding hydrogens is 397 g/mol. The monoisotopic (exact) mass is 414 g/mol. The van der Waals surface area contributed by atoms with E-state index in [1.807, 2.05) is 0 Å². The number of alkyl halides is 3. The summed E-state index contributed by atoms with van der Waals surface area (Å²) in [7, 11) is 0. The van der Waals surface area contributed by atoms with Gasteiger partial charge in [-0.05, 0) is 36.8 Å². The van der Waals surface area contributed by atoms with Crippen LogP contribution in [0, 0.1) is 0 Å². The third kappa shape index (κ3) is 4.17. The summed E-state index contributed by atoms with van der Waals surface area (Å²) in [4.78, 5) is 26.6. The molecule has 7 nitrogen and oxygen atoms in total. The van der Waals surface area contributed by atoms with E-state index in [-0.39, 0.29) is 0 Å². The molecule has 0 saturated heterocycles. The Hall–Kier alpha value is -3.69. The number of rotatable bonds is 2. The molecule has 1 aliphatic rings. The maximum atomic E-state index is 13.1. The highest BCUT2D eigenvalue weighted by Gasteiger charge is 2.31. The zero-order chi connectivity index (χ0) is 21.1. The van der Waals surface area contributed by atoms with E-state index < -0.39 is 17.8 Å². The summed E-state index contributed by atoms with van der Waals surface area (Å²) in [5, 5.41) is 5.89. The van der Waals surface area contributed by atoms with Gasteiger partial charge in [0.05, 0.1) is 16.9 Å². The lowest BCUT2D eigenvalue weighted by Gasteiger charge is -2.22. The molecule has 3 heterocycles. The van der Waals surface area contributed by atoms with Crippen LogP contribution in [-0.4, -0.2) is 34.1 Å². The summed E-state index contributed by atoms with van der Waals surface area (Å²) in [5.74, 6) is 0.678. The molecule has 0 aliphatic carbocycles. The number of hydrogen-bond acceptors (Lipinski definition) is 5. The smallest absolute Gasteiger partial charge is 0.382 e. The molecule has 1 aliphatic heterocycles. The second-order valence-corrected chi connectivity index (χ2v) is 6.60. The predicted molar refractivity (Wildman–Crippen MR) is 106 cm³/mol. The second kappa shape index (κ2) is 7.97. The van der Waals surface area contributed by atoms with Crippen LogP contribution in [0.15, 0.2) is 55.0 Å². The van der Waals surface area contributed by atoms with Gasteiger partial charge in [0.1, 0.15) is 12.1 Å². The number of nitrogens with one attached hydrogen (secondary N) is 2. The topological polar surface area (TPSA) is 83.0 Å². The lowest BCUT2D eigenvalue weighted by atomic mass is 10.1. The fourth-order valence-corrected chi connectivity index (χ4v) is 3.11. The van der Waals surface area contributed by atoms with Crippen LogP contribution < -0.4 is 15.5 Å². The number of carbonyl (C=O) groups is 1. The number of urea groups is 1. The first kappa shape index (κ1) is 19.6. The zero-order valence-electron chi connectivity index (χ0n) is 15.6. The first-order valence-corrected chi connectivity index (χ1v) is 9.19. The number of anilines is 3. The Balaban J connectivity index is 1.69. The molecule has 2 amide bonds. The first-order chi connectivity index (χ1) is 14.4. The van der Waals surface area contributed by atoms with E-state index in [0.717, 1.165) is 12.1 Å². The highest BCUT2D eigenvalue weighted by Crippen LogP contribution is 2.34. The van der Waals surface area contributed by atoms with Crippen molar-refractivity contribution in [1.29, 1.82) is 0 Å². The minimum Gasteiger partial charge on any atom is -0.382 e. The number of aromatic nitrogens is 3. The molecule has 154 valence electrons. The van der Waals surface area contributed by atoms with Gasteiger partial charge in [-0.2, -0.15) is 13.2 Å². The molecule has 0 fully saturated rings. The number of nitrogens with zero attached hydrogens (tertiary/aromatic N) is 4. The molecule has 0 spiro atoms. The Bertz CT molecular complexity index is 1060. The van der Waals surface area contributed by atoms with Crippen LogP contribution in [-0.2, 0) is 6.18 Å². The van der Waals surface area contributed by atoms with Gasteiger partial charge in [0, 0.05) is 24.8 Å². The van der Waals surface area contributed by atoms with Crippen molar-refractivity contribution in [3.05, 3.63) is 60.6 Å². The van der Waals surface area contributed by atoms with Crippen molar-refractivity contribution >= 4 is 23.4 Å².